The Balaban J connectivity index is 1.38. The van der Waals surface area contributed by atoms with Gasteiger partial charge in [0.1, 0.15) is 10.3 Å². The van der Waals surface area contributed by atoms with Crippen LogP contribution in [-0.2, 0) is 24.8 Å². The van der Waals surface area contributed by atoms with E-state index in [0.29, 0.717) is 24.9 Å². The predicted molar refractivity (Wildman–Crippen MR) is 183 cm³/mol. The zero-order valence-corrected chi connectivity index (χ0v) is 28.6. The number of carbonyl (C=O) groups excluding carboxylic acids is 1. The van der Waals surface area contributed by atoms with E-state index in [9.17, 15) is 26.7 Å². The molecule has 2 unspecified atom stereocenters. The van der Waals surface area contributed by atoms with Crippen LogP contribution in [0.15, 0.2) is 99.0 Å². The van der Waals surface area contributed by atoms with Crippen LogP contribution in [0.5, 0.6) is 0 Å². The summed E-state index contributed by atoms with van der Waals surface area (Å²) >= 11 is 1.08. The van der Waals surface area contributed by atoms with Crippen LogP contribution < -0.4 is 15.8 Å². The smallest absolute Gasteiger partial charge is 0.250 e. The topological polar surface area (TPSA) is 159 Å². The average Bonchev–Trinajstić information content (AvgIpc) is 3.58. The van der Waals surface area contributed by atoms with Gasteiger partial charge in [-0.2, -0.15) is 9.03 Å². The molecule has 0 fully saturated rings. The van der Waals surface area contributed by atoms with Gasteiger partial charge >= 0.3 is 0 Å². The first kappa shape index (κ1) is 35.8. The Morgan fingerprint density at radius 3 is 2.39 bits per heavy atom. The molecule has 250 valence electrons. The third-order valence-electron chi connectivity index (χ3n) is 7.89. The van der Waals surface area contributed by atoms with Crippen molar-refractivity contribution >= 4 is 43.0 Å². The fraction of sp³-hybridized carbons (Fsp3) is 0.424. The molecule has 0 aliphatic heterocycles. The summed E-state index contributed by atoms with van der Waals surface area (Å²) in [6.45, 7) is 3.97. The molecule has 1 heterocycles. The number of nitrogens with two attached hydrogens (primary N) is 1. The van der Waals surface area contributed by atoms with Crippen LogP contribution in [0.3, 0.4) is 0 Å². The molecule has 46 heavy (non-hydrogen) atoms. The first-order chi connectivity index (χ1) is 21.9. The summed E-state index contributed by atoms with van der Waals surface area (Å²) in [6, 6.07) is 7.46. The number of sulfonamides is 2. The molecule has 2 aromatic rings. The van der Waals surface area contributed by atoms with E-state index in [1.165, 1.54) is 34.6 Å². The first-order valence-electron chi connectivity index (χ1n) is 15.5. The lowest BCUT2D eigenvalue weighted by atomic mass is 9.82. The molecule has 0 saturated carbocycles. The molecule has 4 rings (SSSR count). The Bertz CT molecular complexity index is 1650. The van der Waals surface area contributed by atoms with E-state index in [1.54, 1.807) is 11.4 Å². The van der Waals surface area contributed by atoms with Crippen molar-refractivity contribution in [2.75, 3.05) is 25.4 Å². The second kappa shape index (κ2) is 16.2. The van der Waals surface area contributed by atoms with Gasteiger partial charge < -0.3 is 16.2 Å². The maximum atomic E-state index is 13.5. The maximum Gasteiger partial charge on any atom is 0.250 e. The minimum Gasteiger partial charge on any atom is -0.399 e. The Labute approximate surface area is 276 Å². The number of anilines is 1. The van der Waals surface area contributed by atoms with Gasteiger partial charge in [0.2, 0.25) is 15.9 Å². The number of nitrogen functional groups attached to an aromatic ring is 1. The van der Waals surface area contributed by atoms with Gasteiger partial charge in [-0.15, -0.1) is 11.3 Å². The van der Waals surface area contributed by atoms with Crippen molar-refractivity contribution < 1.29 is 26.7 Å². The van der Waals surface area contributed by atoms with Gasteiger partial charge in [0.05, 0.1) is 11.5 Å². The third-order valence-corrected chi connectivity index (χ3v) is 12.7. The Kier molecular flexibility index (Phi) is 12.6. The average molecular weight is 689 g/mol. The molecule has 2 aliphatic carbocycles. The maximum absolute atomic E-state index is 13.5. The lowest BCUT2D eigenvalue weighted by molar-refractivity contribution is -0.122. The van der Waals surface area contributed by atoms with Gasteiger partial charge in [-0.1, -0.05) is 68.9 Å². The van der Waals surface area contributed by atoms with Crippen LogP contribution in [0.1, 0.15) is 39.5 Å². The largest absolute Gasteiger partial charge is 0.399 e. The van der Waals surface area contributed by atoms with Crippen LogP contribution >= 0.6 is 11.3 Å². The Hall–Kier alpha value is -3.07. The van der Waals surface area contributed by atoms with Crippen LogP contribution in [-0.4, -0.2) is 63.9 Å². The van der Waals surface area contributed by atoms with E-state index < -0.39 is 38.0 Å². The number of fused-ring (bicyclic) bond motifs is 1. The number of thiophene rings is 1. The van der Waals surface area contributed by atoms with Gasteiger partial charge in [-0.05, 0) is 66.5 Å². The molecular weight excluding hydrogens is 645 g/mol. The molecule has 4 atom stereocenters. The van der Waals surface area contributed by atoms with Crippen LogP contribution in [0.4, 0.5) is 5.69 Å². The molecule has 0 saturated heterocycles. The summed E-state index contributed by atoms with van der Waals surface area (Å²) < 4.78 is 57.3. The summed E-state index contributed by atoms with van der Waals surface area (Å²) in [7, 11) is -7.79. The van der Waals surface area contributed by atoms with Crippen molar-refractivity contribution in [3.8, 4) is 0 Å². The van der Waals surface area contributed by atoms with Crippen molar-refractivity contribution in [2.45, 2.75) is 60.7 Å². The van der Waals surface area contributed by atoms with E-state index in [0.717, 1.165) is 16.9 Å². The van der Waals surface area contributed by atoms with Gasteiger partial charge in [0.15, 0.2) is 0 Å². The SMILES string of the molecule is CC(C)CN([C@H](CO)CCCCNC(=O)[C@H](CC1=CC2C=CC=CC2C=C1)NS(=O)(=O)c1cccs1)S(=O)(=O)c1ccc(N)cc1. The summed E-state index contributed by atoms with van der Waals surface area (Å²) in [5.74, 6) is -0.0233. The number of carbonyl (C=O) groups is 1. The number of rotatable bonds is 17. The van der Waals surface area contributed by atoms with Crippen LogP contribution in [0, 0.1) is 17.8 Å². The number of hydrogen-bond donors (Lipinski definition) is 4. The predicted octanol–water partition coefficient (Wildman–Crippen LogP) is 4.22. The third kappa shape index (κ3) is 9.49. The van der Waals surface area contributed by atoms with E-state index in [-0.39, 0.29) is 53.0 Å². The van der Waals surface area contributed by atoms with Gasteiger partial charge in [0, 0.05) is 36.7 Å². The highest BCUT2D eigenvalue weighted by Gasteiger charge is 2.32. The van der Waals surface area contributed by atoms with E-state index in [4.69, 9.17) is 5.73 Å². The second-order valence-corrected chi connectivity index (χ2v) is 16.8. The Morgan fingerprint density at radius 1 is 1.02 bits per heavy atom. The molecule has 1 amide bonds. The lowest BCUT2D eigenvalue weighted by Crippen LogP contribution is -2.47. The lowest BCUT2D eigenvalue weighted by Gasteiger charge is -2.31. The summed E-state index contributed by atoms with van der Waals surface area (Å²) in [5.41, 5.74) is 7.07. The molecule has 5 N–H and O–H groups in total. The van der Waals surface area contributed by atoms with Crippen LogP contribution in [0.2, 0.25) is 0 Å². The molecule has 1 aromatic heterocycles. The molecule has 13 heteroatoms. The molecule has 2 aliphatic rings. The number of allylic oxidation sites excluding steroid dienone is 7. The van der Waals surface area contributed by atoms with E-state index in [2.05, 4.69) is 34.3 Å². The monoisotopic (exact) mass is 688 g/mol. The zero-order valence-electron chi connectivity index (χ0n) is 26.2. The summed E-state index contributed by atoms with van der Waals surface area (Å²) in [5, 5.41) is 14.8. The fourth-order valence-corrected chi connectivity index (χ4v) is 9.52. The van der Waals surface area contributed by atoms with Crippen molar-refractivity contribution in [1.82, 2.24) is 14.3 Å². The minimum absolute atomic E-state index is 0.0254. The summed E-state index contributed by atoms with van der Waals surface area (Å²) in [4.78, 5) is 13.5. The van der Waals surface area contributed by atoms with E-state index in [1.807, 2.05) is 32.1 Å². The van der Waals surface area contributed by atoms with Crippen molar-refractivity contribution in [3.63, 3.8) is 0 Å². The number of unbranched alkanes of at least 4 members (excludes halogenated alkanes) is 1. The number of nitrogens with zero attached hydrogens (tertiary/aromatic N) is 1. The Morgan fingerprint density at radius 2 is 1.74 bits per heavy atom. The van der Waals surface area contributed by atoms with Crippen molar-refractivity contribution in [3.05, 3.63) is 89.9 Å². The minimum atomic E-state index is -3.91. The number of amides is 1. The van der Waals surface area contributed by atoms with Crippen molar-refractivity contribution in [1.29, 1.82) is 0 Å². The molecule has 0 spiro atoms. The van der Waals surface area contributed by atoms with Gasteiger partial charge in [0.25, 0.3) is 10.0 Å². The number of aliphatic hydroxyl groups is 1. The molecule has 0 radical (unpaired) electrons. The van der Waals surface area contributed by atoms with Crippen molar-refractivity contribution in [2.24, 2.45) is 17.8 Å². The fourth-order valence-electron chi connectivity index (χ4n) is 5.50. The standard InChI is InChI=1S/C33H44N4O6S3/c1-24(2)22-37(46(42,43)30-16-14-28(34)15-17-30)29(23-38)10-5-6-18-35-33(39)31(36-45(40,41)32-11-7-19-44-32)21-25-12-13-26-8-3-4-9-27(26)20-25/h3-4,7-9,11-17,19-20,24,26-27,29,31,36,38H,5-6,10,18,21-23,34H2,1-2H3,(H,35,39)/t26?,27?,29-,31-/m0/s1. The molecule has 0 bridgehead atoms. The molecular formula is C33H44N4O6S3. The number of aliphatic hydroxyl groups excluding tert-OH is 1. The highest BCUT2D eigenvalue weighted by Crippen LogP contribution is 2.30. The molecule has 1 aromatic carbocycles. The molecule has 10 nitrogen and oxygen atoms in total. The normalized spacial score (nSPS) is 19.2. The van der Waals surface area contributed by atoms with Gasteiger partial charge in [-0.25, -0.2) is 16.8 Å². The number of benzene rings is 1. The first-order valence-corrected chi connectivity index (χ1v) is 19.3. The second-order valence-electron chi connectivity index (χ2n) is 12.0. The highest BCUT2D eigenvalue weighted by molar-refractivity contribution is 7.91. The van der Waals surface area contributed by atoms with Crippen LogP contribution in [0.25, 0.3) is 0 Å². The zero-order chi connectivity index (χ0) is 33.3. The summed E-state index contributed by atoms with van der Waals surface area (Å²) in [6.07, 6.45) is 15.9. The number of hydrogen-bond acceptors (Lipinski definition) is 8. The highest BCUT2D eigenvalue weighted by atomic mass is 32.2. The quantitative estimate of drug-likeness (QED) is 0.143. The van der Waals surface area contributed by atoms with E-state index >= 15 is 0 Å². The number of nitrogens with one attached hydrogen (secondary N) is 2. The van der Waals surface area contributed by atoms with Gasteiger partial charge in [-0.3, -0.25) is 4.79 Å².